The minimum absolute atomic E-state index is 0.152. The van der Waals surface area contributed by atoms with Crippen LogP contribution < -0.4 is 15.8 Å². The number of carboxylic acid groups (broad SMARTS) is 1. The maximum absolute atomic E-state index is 15.9. The highest BCUT2D eigenvalue weighted by atomic mass is 19.1. The number of pyridine rings is 1. The number of rotatable bonds is 9. The van der Waals surface area contributed by atoms with Crippen molar-refractivity contribution in [2.24, 2.45) is 0 Å². The van der Waals surface area contributed by atoms with Crippen molar-refractivity contribution in [2.45, 2.75) is 26.3 Å². The van der Waals surface area contributed by atoms with E-state index in [-0.39, 0.29) is 11.3 Å². The van der Waals surface area contributed by atoms with Crippen molar-refractivity contribution < 1.29 is 19.0 Å². The second-order valence-electron chi connectivity index (χ2n) is 9.05. The second-order valence-corrected chi connectivity index (χ2v) is 9.05. The number of carboxylic acids is 1. The van der Waals surface area contributed by atoms with Crippen LogP contribution in [0.15, 0.2) is 73.1 Å². The van der Waals surface area contributed by atoms with Crippen molar-refractivity contribution in [2.75, 3.05) is 17.7 Å². The van der Waals surface area contributed by atoms with Crippen LogP contribution in [0.25, 0.3) is 22.0 Å². The van der Waals surface area contributed by atoms with E-state index in [4.69, 9.17) is 15.5 Å². The lowest BCUT2D eigenvalue weighted by Crippen LogP contribution is -2.17. The summed E-state index contributed by atoms with van der Waals surface area (Å²) in [5.41, 5.74) is 9.35. The van der Waals surface area contributed by atoms with E-state index in [1.54, 1.807) is 36.7 Å². The predicted octanol–water partition coefficient (Wildman–Crippen LogP) is 6.21. The fraction of sp³-hybridized carbons (Fsp3) is 0.167. The number of hydrogen-bond donors (Lipinski definition) is 4. The SMILES string of the molecule is CCOc1cc(CC)cc(C(Nc2ccc3c(N)nccc3c2)c2nc(-c3cccc(C(=O)O)c3)c[nH]2)c1F. The van der Waals surface area contributed by atoms with Crippen LogP contribution in [-0.4, -0.2) is 32.6 Å². The lowest BCUT2D eigenvalue weighted by molar-refractivity contribution is 0.0697. The van der Waals surface area contributed by atoms with Crippen molar-refractivity contribution in [3.63, 3.8) is 0 Å². The van der Waals surface area contributed by atoms with E-state index in [1.807, 2.05) is 44.2 Å². The summed E-state index contributed by atoms with van der Waals surface area (Å²) in [4.78, 5) is 23.6. The number of fused-ring (bicyclic) bond motifs is 1. The van der Waals surface area contributed by atoms with Gasteiger partial charge in [0, 0.05) is 34.6 Å². The molecule has 0 aliphatic rings. The topological polar surface area (TPSA) is 126 Å². The summed E-state index contributed by atoms with van der Waals surface area (Å²) < 4.78 is 21.5. The summed E-state index contributed by atoms with van der Waals surface area (Å²) in [6, 6.07) is 16.8. The Bertz CT molecular complexity index is 1670. The molecule has 5 aromatic rings. The summed E-state index contributed by atoms with van der Waals surface area (Å²) in [6.45, 7) is 4.14. The molecule has 0 bridgehead atoms. The lowest BCUT2D eigenvalue weighted by Gasteiger charge is -2.22. The van der Waals surface area contributed by atoms with E-state index < -0.39 is 17.8 Å². The molecule has 0 saturated carbocycles. The highest BCUT2D eigenvalue weighted by molar-refractivity contribution is 5.93. The molecule has 39 heavy (non-hydrogen) atoms. The molecule has 3 aromatic carbocycles. The van der Waals surface area contributed by atoms with Crippen molar-refractivity contribution in [3.8, 4) is 17.0 Å². The molecule has 198 valence electrons. The Morgan fingerprint density at radius 3 is 2.77 bits per heavy atom. The van der Waals surface area contributed by atoms with Gasteiger partial charge in [-0.05, 0) is 66.8 Å². The van der Waals surface area contributed by atoms with E-state index in [1.165, 1.54) is 6.07 Å². The Kier molecular flexibility index (Phi) is 7.14. The Labute approximate surface area is 224 Å². The maximum Gasteiger partial charge on any atom is 0.335 e. The molecule has 0 radical (unpaired) electrons. The zero-order valence-corrected chi connectivity index (χ0v) is 21.5. The highest BCUT2D eigenvalue weighted by Crippen LogP contribution is 2.35. The molecule has 0 saturated heterocycles. The van der Waals surface area contributed by atoms with E-state index >= 15 is 4.39 Å². The summed E-state index contributed by atoms with van der Waals surface area (Å²) in [5.74, 6) is -0.447. The van der Waals surface area contributed by atoms with Crippen LogP contribution in [0.1, 0.15) is 47.2 Å². The number of aromatic carboxylic acids is 1. The molecule has 5 rings (SSSR count). The number of imidazole rings is 1. The van der Waals surface area contributed by atoms with Gasteiger partial charge in [-0.15, -0.1) is 0 Å². The van der Waals surface area contributed by atoms with Crippen LogP contribution in [0.4, 0.5) is 15.9 Å². The van der Waals surface area contributed by atoms with Gasteiger partial charge in [-0.3, -0.25) is 0 Å². The molecule has 2 aromatic heterocycles. The minimum Gasteiger partial charge on any atom is -0.491 e. The molecular formula is C30H28FN5O3. The van der Waals surface area contributed by atoms with Gasteiger partial charge in [0.25, 0.3) is 0 Å². The molecule has 0 fully saturated rings. The number of hydrogen-bond acceptors (Lipinski definition) is 6. The summed E-state index contributed by atoms with van der Waals surface area (Å²) in [5, 5.41) is 14.5. The van der Waals surface area contributed by atoms with Crippen LogP contribution in [-0.2, 0) is 6.42 Å². The average Bonchev–Trinajstić information content (AvgIpc) is 3.43. The number of nitrogens with two attached hydrogens (primary N) is 1. The van der Waals surface area contributed by atoms with Crippen LogP contribution in [0.3, 0.4) is 0 Å². The van der Waals surface area contributed by atoms with Crippen LogP contribution in [0.5, 0.6) is 5.75 Å². The Morgan fingerprint density at radius 1 is 1.15 bits per heavy atom. The number of ether oxygens (including phenoxy) is 1. The number of aryl methyl sites for hydroxylation is 1. The lowest BCUT2D eigenvalue weighted by atomic mass is 9.99. The molecule has 0 amide bonds. The van der Waals surface area contributed by atoms with Gasteiger partial charge in [-0.1, -0.05) is 25.1 Å². The molecule has 9 heteroatoms. The van der Waals surface area contributed by atoms with Gasteiger partial charge in [-0.2, -0.15) is 0 Å². The van der Waals surface area contributed by atoms with Crippen molar-refractivity contribution in [3.05, 3.63) is 101 Å². The molecule has 8 nitrogen and oxygen atoms in total. The Hall–Kier alpha value is -4.92. The molecule has 0 aliphatic heterocycles. The third-order valence-electron chi connectivity index (χ3n) is 6.53. The Morgan fingerprint density at radius 2 is 2.00 bits per heavy atom. The van der Waals surface area contributed by atoms with E-state index in [9.17, 15) is 9.90 Å². The maximum atomic E-state index is 15.9. The number of nitrogens with one attached hydrogen (secondary N) is 2. The molecule has 5 N–H and O–H groups in total. The van der Waals surface area contributed by atoms with E-state index in [0.717, 1.165) is 22.0 Å². The van der Waals surface area contributed by atoms with Gasteiger partial charge >= 0.3 is 5.97 Å². The number of nitrogens with zero attached hydrogens (tertiary/aromatic N) is 2. The van der Waals surface area contributed by atoms with Gasteiger partial charge < -0.3 is 25.9 Å². The zero-order chi connectivity index (χ0) is 27.5. The third-order valence-corrected chi connectivity index (χ3v) is 6.53. The van der Waals surface area contributed by atoms with Crippen molar-refractivity contribution in [1.82, 2.24) is 15.0 Å². The minimum atomic E-state index is -1.03. The molecule has 1 unspecified atom stereocenters. The molecule has 0 spiro atoms. The summed E-state index contributed by atoms with van der Waals surface area (Å²) in [7, 11) is 0. The highest BCUT2D eigenvalue weighted by Gasteiger charge is 2.25. The van der Waals surface area contributed by atoms with Crippen molar-refractivity contribution >= 4 is 28.2 Å². The number of benzene rings is 3. The number of anilines is 2. The van der Waals surface area contributed by atoms with E-state index in [0.29, 0.717) is 41.5 Å². The zero-order valence-electron chi connectivity index (χ0n) is 21.5. The summed E-state index contributed by atoms with van der Waals surface area (Å²) in [6.07, 6.45) is 4.01. The smallest absolute Gasteiger partial charge is 0.335 e. The largest absolute Gasteiger partial charge is 0.491 e. The molecule has 2 heterocycles. The molecule has 0 aliphatic carbocycles. The van der Waals surface area contributed by atoms with Crippen LogP contribution >= 0.6 is 0 Å². The standard InChI is InChI=1S/C30H28FN5O3/c1-3-17-12-23(26(31)25(13-17)39-4-2)27(35-21-8-9-22-18(15-21)10-11-33-28(22)32)29-34-16-24(36-29)19-6-5-7-20(14-19)30(37)38/h5-16,27,35H,3-4H2,1-2H3,(H2,32,33)(H,34,36)(H,37,38). The van der Waals surface area contributed by atoms with Gasteiger partial charge in [0.2, 0.25) is 0 Å². The van der Waals surface area contributed by atoms with Gasteiger partial charge in [0.15, 0.2) is 11.6 Å². The normalized spacial score (nSPS) is 11.9. The third kappa shape index (κ3) is 5.24. The fourth-order valence-corrected chi connectivity index (χ4v) is 4.55. The Balaban J connectivity index is 1.62. The molecular weight excluding hydrogens is 497 g/mol. The number of aromatic nitrogens is 3. The average molecular weight is 526 g/mol. The van der Waals surface area contributed by atoms with Crippen LogP contribution in [0.2, 0.25) is 0 Å². The molecule has 1 atom stereocenters. The quantitative estimate of drug-likeness (QED) is 0.180. The first-order valence-electron chi connectivity index (χ1n) is 12.6. The monoisotopic (exact) mass is 525 g/mol. The summed E-state index contributed by atoms with van der Waals surface area (Å²) >= 11 is 0. The predicted molar refractivity (Wildman–Crippen MR) is 150 cm³/mol. The number of aromatic amines is 1. The first-order valence-corrected chi connectivity index (χ1v) is 12.6. The van der Waals surface area contributed by atoms with Gasteiger partial charge in [-0.25, -0.2) is 19.2 Å². The number of carbonyl (C=O) groups is 1. The number of nitrogen functional groups attached to an aromatic ring is 1. The second kappa shape index (κ2) is 10.8. The van der Waals surface area contributed by atoms with Crippen LogP contribution in [0, 0.1) is 5.82 Å². The van der Waals surface area contributed by atoms with Gasteiger partial charge in [0.05, 0.1) is 17.9 Å². The number of halogens is 1. The van der Waals surface area contributed by atoms with Gasteiger partial charge in [0.1, 0.15) is 17.7 Å². The van der Waals surface area contributed by atoms with E-state index in [2.05, 4.69) is 15.3 Å². The fourth-order valence-electron chi connectivity index (χ4n) is 4.55. The van der Waals surface area contributed by atoms with Crippen molar-refractivity contribution in [1.29, 1.82) is 0 Å². The first kappa shape index (κ1) is 25.7. The number of H-pyrrole nitrogens is 1. The first-order chi connectivity index (χ1) is 18.9.